The molecule has 0 spiro atoms. The second-order valence-corrected chi connectivity index (χ2v) is 6.57. The van der Waals surface area contributed by atoms with Crippen molar-refractivity contribution in [3.05, 3.63) is 71.4 Å². The average molecular weight is 369 g/mol. The fourth-order valence-corrected chi connectivity index (χ4v) is 3.79. The number of Topliss-reactive ketones (excluding diaryl/α,β-unsaturated/α-hetero) is 1. The number of carbonyl (C=O) groups is 2. The second kappa shape index (κ2) is 8.10. The number of carbonyl (C=O) groups excluding carboxylic acids is 2. The van der Waals surface area contributed by atoms with Crippen molar-refractivity contribution >= 4 is 29.5 Å². The number of methoxy groups -OCH3 is 1. The van der Waals surface area contributed by atoms with Crippen LogP contribution in [0, 0.1) is 0 Å². The predicted molar refractivity (Wildman–Crippen MR) is 100 cm³/mol. The maximum Gasteiger partial charge on any atom is 0.326 e. The van der Waals surface area contributed by atoms with Crippen molar-refractivity contribution in [3.8, 4) is 0 Å². The van der Waals surface area contributed by atoms with E-state index in [-0.39, 0.29) is 18.9 Å². The quantitative estimate of drug-likeness (QED) is 0.439. The van der Waals surface area contributed by atoms with Gasteiger partial charge in [-0.3, -0.25) is 13.9 Å². The first-order chi connectivity index (χ1) is 12.7. The molecule has 2 aromatic rings. The molecular formula is C20H19NO4S. The molecule has 1 aliphatic heterocycles. The molecule has 134 valence electrons. The summed E-state index contributed by atoms with van der Waals surface area (Å²) in [5.74, 6) is -0.139. The monoisotopic (exact) mass is 369 g/mol. The van der Waals surface area contributed by atoms with Crippen molar-refractivity contribution < 1.29 is 19.1 Å². The Morgan fingerprint density at radius 3 is 2.42 bits per heavy atom. The summed E-state index contributed by atoms with van der Waals surface area (Å²) in [5, 5.41) is 0. The van der Waals surface area contributed by atoms with Gasteiger partial charge >= 0.3 is 5.97 Å². The second-order valence-electron chi connectivity index (χ2n) is 5.51. The van der Waals surface area contributed by atoms with Crippen molar-refractivity contribution in [2.24, 2.45) is 0 Å². The lowest BCUT2D eigenvalue weighted by molar-refractivity contribution is -0.142. The molecule has 3 rings (SSSR count). The summed E-state index contributed by atoms with van der Waals surface area (Å²) in [5.41, 5.74) is 1.71. The maximum absolute atomic E-state index is 13.2. The van der Waals surface area contributed by atoms with Crippen LogP contribution in [0.3, 0.4) is 0 Å². The molecule has 0 aliphatic carbocycles. The molecule has 5 nitrogen and oxygen atoms in total. The molecule has 0 fully saturated rings. The van der Waals surface area contributed by atoms with Crippen LogP contribution in [0.5, 0.6) is 0 Å². The van der Waals surface area contributed by atoms with Gasteiger partial charge in [0.25, 0.3) is 0 Å². The fraction of sp³-hybridized carbons (Fsp3) is 0.200. The van der Waals surface area contributed by atoms with Gasteiger partial charge in [-0.2, -0.15) is 0 Å². The number of benzene rings is 2. The predicted octanol–water partition coefficient (Wildman–Crippen LogP) is 3.77. The van der Waals surface area contributed by atoms with Crippen LogP contribution in [-0.4, -0.2) is 36.3 Å². The first-order valence-electron chi connectivity index (χ1n) is 8.24. The van der Waals surface area contributed by atoms with Crippen molar-refractivity contribution in [2.75, 3.05) is 20.3 Å². The molecule has 0 N–H and O–H groups in total. The third-order valence-corrected chi connectivity index (χ3v) is 4.92. The van der Waals surface area contributed by atoms with Gasteiger partial charge in [0.2, 0.25) is 5.78 Å². The van der Waals surface area contributed by atoms with Gasteiger partial charge in [0.05, 0.1) is 13.7 Å². The van der Waals surface area contributed by atoms with Gasteiger partial charge in [0.15, 0.2) is 5.76 Å². The van der Waals surface area contributed by atoms with E-state index in [0.717, 1.165) is 10.5 Å². The highest BCUT2D eigenvalue weighted by atomic mass is 32.2. The molecule has 0 radical (unpaired) electrons. The van der Waals surface area contributed by atoms with E-state index in [4.69, 9.17) is 9.47 Å². The van der Waals surface area contributed by atoms with Crippen molar-refractivity contribution in [3.63, 3.8) is 0 Å². The minimum absolute atomic E-state index is 0.0480. The lowest BCUT2D eigenvalue weighted by atomic mass is 10.0. The number of ketones is 1. The summed E-state index contributed by atoms with van der Waals surface area (Å²) in [6.07, 6.45) is 0. The summed E-state index contributed by atoms with van der Waals surface area (Å²) in [6.45, 7) is 1.99. The maximum atomic E-state index is 13.2. The summed E-state index contributed by atoms with van der Waals surface area (Å²) in [6, 6.07) is 16.6. The Labute approximate surface area is 156 Å². The lowest BCUT2D eigenvalue weighted by Gasteiger charge is -2.31. The number of hydrogen-bond acceptors (Lipinski definition) is 6. The number of nitrogens with zero attached hydrogens (tertiary/aromatic N) is 1. The van der Waals surface area contributed by atoms with E-state index >= 15 is 0 Å². The summed E-state index contributed by atoms with van der Waals surface area (Å²) in [4.78, 5) is 26.2. The zero-order valence-corrected chi connectivity index (χ0v) is 15.4. The highest BCUT2D eigenvalue weighted by Crippen LogP contribution is 2.42. The molecule has 0 amide bonds. The zero-order chi connectivity index (χ0) is 18.5. The number of allylic oxidation sites excluding steroid dienone is 1. The van der Waals surface area contributed by atoms with Crippen LogP contribution in [0.15, 0.2) is 65.2 Å². The van der Waals surface area contributed by atoms with Crippen LogP contribution in [-0.2, 0) is 14.3 Å². The molecule has 0 saturated carbocycles. The molecule has 6 heteroatoms. The molecule has 2 aromatic carbocycles. The Bertz CT molecular complexity index is 848. The highest BCUT2D eigenvalue weighted by Gasteiger charge is 2.33. The Morgan fingerprint density at radius 1 is 1.04 bits per heavy atom. The van der Waals surface area contributed by atoms with Gasteiger partial charge in [-0.25, -0.2) is 0 Å². The molecular weight excluding hydrogens is 350 g/mol. The fourth-order valence-electron chi connectivity index (χ4n) is 2.72. The number of hydrogen-bond donors (Lipinski definition) is 0. The highest BCUT2D eigenvalue weighted by molar-refractivity contribution is 7.97. The molecule has 0 unspecified atom stereocenters. The largest absolute Gasteiger partial charge is 0.494 e. The van der Waals surface area contributed by atoms with Crippen molar-refractivity contribution in [2.45, 2.75) is 11.8 Å². The van der Waals surface area contributed by atoms with Crippen LogP contribution in [0.1, 0.15) is 22.8 Å². The van der Waals surface area contributed by atoms with Gasteiger partial charge < -0.3 is 9.47 Å². The van der Waals surface area contributed by atoms with Gasteiger partial charge in [-0.05, 0) is 31.0 Å². The lowest BCUT2D eigenvalue weighted by Crippen LogP contribution is -2.32. The molecule has 0 saturated heterocycles. The van der Waals surface area contributed by atoms with Crippen molar-refractivity contribution in [1.82, 2.24) is 4.31 Å². The Morgan fingerprint density at radius 2 is 1.73 bits per heavy atom. The Kier molecular flexibility index (Phi) is 5.63. The molecule has 0 atom stereocenters. The normalized spacial score (nSPS) is 13.2. The number of ether oxygens (including phenoxy) is 2. The first-order valence-corrected chi connectivity index (χ1v) is 9.01. The van der Waals surface area contributed by atoms with E-state index in [1.807, 2.05) is 30.3 Å². The van der Waals surface area contributed by atoms with E-state index in [1.54, 1.807) is 35.5 Å². The number of esters is 1. The molecule has 0 bridgehead atoms. The SMILES string of the molecule is CCOC(=O)CN1Sc2ccccc2C(OC)=C1C(=O)c1ccccc1. The molecule has 26 heavy (non-hydrogen) atoms. The van der Waals surface area contributed by atoms with E-state index in [2.05, 4.69) is 0 Å². The Hall–Kier alpha value is -2.73. The van der Waals surface area contributed by atoms with E-state index < -0.39 is 5.97 Å². The summed E-state index contributed by atoms with van der Waals surface area (Å²) < 4.78 is 12.3. The average Bonchev–Trinajstić information content (AvgIpc) is 2.67. The van der Waals surface area contributed by atoms with E-state index in [9.17, 15) is 9.59 Å². The topological polar surface area (TPSA) is 55.8 Å². The van der Waals surface area contributed by atoms with Crippen LogP contribution in [0.4, 0.5) is 0 Å². The standard InChI is InChI=1S/C20H19NO4S/c1-3-25-17(22)13-21-18(19(23)14-9-5-4-6-10-14)20(24-2)15-11-7-8-12-16(15)26-21/h4-12H,3,13H2,1-2H3. The van der Waals surface area contributed by atoms with Crippen LogP contribution < -0.4 is 0 Å². The minimum Gasteiger partial charge on any atom is -0.494 e. The van der Waals surface area contributed by atoms with Gasteiger partial charge in [0.1, 0.15) is 12.2 Å². The smallest absolute Gasteiger partial charge is 0.326 e. The van der Waals surface area contributed by atoms with E-state index in [0.29, 0.717) is 17.0 Å². The molecule has 0 aromatic heterocycles. The summed E-state index contributed by atoms with van der Waals surface area (Å²) in [7, 11) is 1.53. The third kappa shape index (κ3) is 3.60. The van der Waals surface area contributed by atoms with Gasteiger partial charge in [-0.1, -0.05) is 42.5 Å². The number of fused-ring (bicyclic) bond motifs is 1. The minimum atomic E-state index is -0.395. The molecule has 1 heterocycles. The molecule has 1 aliphatic rings. The Balaban J connectivity index is 2.09. The third-order valence-electron chi connectivity index (χ3n) is 3.84. The van der Waals surface area contributed by atoms with Crippen LogP contribution in [0.25, 0.3) is 5.76 Å². The first kappa shape index (κ1) is 18.1. The van der Waals surface area contributed by atoms with Gasteiger partial charge in [0, 0.05) is 16.0 Å². The van der Waals surface area contributed by atoms with E-state index in [1.165, 1.54) is 19.1 Å². The van der Waals surface area contributed by atoms with Crippen LogP contribution in [0.2, 0.25) is 0 Å². The number of rotatable bonds is 6. The summed E-state index contributed by atoms with van der Waals surface area (Å²) >= 11 is 1.34. The van der Waals surface area contributed by atoms with Gasteiger partial charge in [-0.15, -0.1) is 0 Å². The zero-order valence-electron chi connectivity index (χ0n) is 14.6. The van der Waals surface area contributed by atoms with Crippen molar-refractivity contribution in [1.29, 1.82) is 0 Å². The van der Waals surface area contributed by atoms with Crippen LogP contribution >= 0.6 is 11.9 Å².